The molecule has 1 heterocycles. The number of nitrogens with zero attached hydrogens (tertiary/aromatic N) is 2. The number of thiazole rings is 1. The number of carbonyl (C=O) groups excluding carboxylic acids is 2. The largest absolute Gasteiger partial charge is 0.312 e. The first-order valence-corrected chi connectivity index (χ1v) is 6.71. The van der Waals surface area contributed by atoms with Crippen LogP contribution in [0.2, 0.25) is 0 Å². The number of hydrogen-bond donors (Lipinski definition) is 1. The zero-order chi connectivity index (χ0) is 13.1. The summed E-state index contributed by atoms with van der Waals surface area (Å²) in [5.74, 6) is -0.107. The number of nitrogens with one attached hydrogen (secondary N) is 1. The Hall–Kier alpha value is -1.39. The SMILES string of the molecule is CSc1nc(NC=O)c(C(=O)C(C)(C)C#N)s1. The molecular weight excluding hydrogens is 258 g/mol. The summed E-state index contributed by atoms with van der Waals surface area (Å²) < 4.78 is 0.673. The Kier molecular flexibility index (Phi) is 4.26. The number of anilines is 1. The summed E-state index contributed by atoms with van der Waals surface area (Å²) in [7, 11) is 0. The molecular formula is C10H11N3O2S2. The van der Waals surface area contributed by atoms with E-state index in [0.717, 1.165) is 0 Å². The number of carbonyl (C=O) groups is 2. The molecule has 0 fully saturated rings. The van der Waals surface area contributed by atoms with Gasteiger partial charge in [0.15, 0.2) is 15.9 Å². The number of ketones is 1. The minimum Gasteiger partial charge on any atom is -0.312 e. The van der Waals surface area contributed by atoms with Gasteiger partial charge in [0.25, 0.3) is 0 Å². The molecule has 0 unspecified atom stereocenters. The molecule has 0 aliphatic rings. The Morgan fingerprint density at radius 3 is 2.76 bits per heavy atom. The second-order valence-corrected chi connectivity index (χ2v) is 5.74. The molecule has 1 amide bonds. The third-order valence-electron chi connectivity index (χ3n) is 2.03. The number of hydrogen-bond acceptors (Lipinski definition) is 6. The molecule has 1 aromatic rings. The quantitative estimate of drug-likeness (QED) is 0.503. The van der Waals surface area contributed by atoms with Gasteiger partial charge in [0.2, 0.25) is 6.41 Å². The van der Waals surface area contributed by atoms with Crippen LogP contribution in [-0.2, 0) is 4.79 Å². The van der Waals surface area contributed by atoms with Gasteiger partial charge in [-0.05, 0) is 20.1 Å². The van der Waals surface area contributed by atoms with Crippen molar-refractivity contribution in [2.75, 3.05) is 11.6 Å². The lowest BCUT2D eigenvalue weighted by Crippen LogP contribution is -2.22. The lowest BCUT2D eigenvalue weighted by molar-refractivity contribution is -0.105. The van der Waals surface area contributed by atoms with Crippen LogP contribution in [0.4, 0.5) is 5.82 Å². The summed E-state index contributed by atoms with van der Waals surface area (Å²) in [6.07, 6.45) is 2.29. The number of aromatic nitrogens is 1. The minimum absolute atomic E-state index is 0.225. The molecule has 7 heteroatoms. The first kappa shape index (κ1) is 13.7. The molecule has 17 heavy (non-hydrogen) atoms. The molecule has 0 spiro atoms. The van der Waals surface area contributed by atoms with Gasteiger partial charge >= 0.3 is 0 Å². The van der Waals surface area contributed by atoms with Gasteiger partial charge in [0.05, 0.1) is 6.07 Å². The highest BCUT2D eigenvalue weighted by atomic mass is 32.2. The van der Waals surface area contributed by atoms with Crippen LogP contribution in [0, 0.1) is 16.7 Å². The van der Waals surface area contributed by atoms with Gasteiger partial charge in [0.1, 0.15) is 10.3 Å². The third-order valence-corrected chi connectivity index (χ3v) is 4.07. The maximum absolute atomic E-state index is 12.1. The van der Waals surface area contributed by atoms with E-state index in [1.54, 1.807) is 13.8 Å². The van der Waals surface area contributed by atoms with Crippen molar-refractivity contribution in [2.45, 2.75) is 18.2 Å². The first-order chi connectivity index (χ1) is 7.96. The Labute approximate surface area is 107 Å². The van der Waals surface area contributed by atoms with E-state index in [9.17, 15) is 9.59 Å². The monoisotopic (exact) mass is 269 g/mol. The Bertz CT molecular complexity index is 488. The molecule has 0 aromatic carbocycles. The number of nitriles is 1. The minimum atomic E-state index is -1.12. The van der Waals surface area contributed by atoms with E-state index in [4.69, 9.17) is 5.26 Å². The van der Waals surface area contributed by atoms with Crippen LogP contribution in [0.5, 0.6) is 0 Å². The number of amides is 1. The van der Waals surface area contributed by atoms with Crippen LogP contribution in [0.3, 0.4) is 0 Å². The predicted octanol–water partition coefficient (Wildman–Crippen LogP) is 2.17. The van der Waals surface area contributed by atoms with Crippen LogP contribution < -0.4 is 5.32 Å². The topological polar surface area (TPSA) is 82.8 Å². The maximum atomic E-state index is 12.1. The van der Waals surface area contributed by atoms with Crippen molar-refractivity contribution in [1.29, 1.82) is 5.26 Å². The molecule has 1 N–H and O–H groups in total. The van der Waals surface area contributed by atoms with Crippen molar-refractivity contribution in [1.82, 2.24) is 4.98 Å². The highest BCUT2D eigenvalue weighted by molar-refractivity contribution is 8.00. The molecule has 0 atom stereocenters. The van der Waals surface area contributed by atoms with Crippen molar-refractivity contribution < 1.29 is 9.59 Å². The second-order valence-electron chi connectivity index (χ2n) is 3.69. The number of rotatable bonds is 5. The fraction of sp³-hybridized carbons (Fsp3) is 0.400. The van der Waals surface area contributed by atoms with Crippen LogP contribution in [0.15, 0.2) is 4.34 Å². The molecule has 0 saturated heterocycles. The van der Waals surface area contributed by atoms with Gasteiger partial charge < -0.3 is 5.32 Å². The molecule has 0 aliphatic heterocycles. The zero-order valence-corrected chi connectivity index (χ0v) is 11.2. The summed E-state index contributed by atoms with van der Waals surface area (Å²) in [4.78, 5) is 27.0. The fourth-order valence-corrected chi connectivity index (χ4v) is 2.66. The Balaban J connectivity index is 3.21. The molecule has 1 rings (SSSR count). The molecule has 0 aliphatic carbocycles. The summed E-state index contributed by atoms with van der Waals surface area (Å²) in [6.45, 7) is 3.08. The smallest absolute Gasteiger partial charge is 0.212 e. The summed E-state index contributed by atoms with van der Waals surface area (Å²) >= 11 is 2.56. The van der Waals surface area contributed by atoms with Gasteiger partial charge in [-0.25, -0.2) is 4.98 Å². The van der Waals surface area contributed by atoms with Gasteiger partial charge in [-0.1, -0.05) is 11.8 Å². The van der Waals surface area contributed by atoms with Crippen molar-refractivity contribution in [3.05, 3.63) is 4.88 Å². The van der Waals surface area contributed by atoms with Gasteiger partial charge in [-0.15, -0.1) is 11.3 Å². The maximum Gasteiger partial charge on any atom is 0.212 e. The normalized spacial score (nSPS) is 10.7. The van der Waals surface area contributed by atoms with E-state index in [0.29, 0.717) is 15.6 Å². The van der Waals surface area contributed by atoms with E-state index in [2.05, 4.69) is 10.3 Å². The van der Waals surface area contributed by atoms with Crippen molar-refractivity contribution >= 4 is 41.1 Å². The summed E-state index contributed by atoms with van der Waals surface area (Å²) in [6, 6.07) is 1.94. The Morgan fingerprint density at radius 1 is 1.65 bits per heavy atom. The van der Waals surface area contributed by atoms with E-state index in [-0.39, 0.29) is 11.6 Å². The van der Waals surface area contributed by atoms with Crippen LogP contribution >= 0.6 is 23.1 Å². The summed E-state index contributed by atoms with van der Waals surface area (Å²) in [5, 5.41) is 11.3. The number of thioether (sulfide) groups is 1. The lowest BCUT2D eigenvalue weighted by atomic mass is 9.89. The van der Waals surface area contributed by atoms with Crippen LogP contribution in [-0.4, -0.2) is 23.4 Å². The lowest BCUT2D eigenvalue weighted by Gasteiger charge is -2.12. The molecule has 5 nitrogen and oxygen atoms in total. The molecule has 90 valence electrons. The third kappa shape index (κ3) is 2.84. The van der Waals surface area contributed by atoms with Crippen LogP contribution in [0.25, 0.3) is 0 Å². The molecule has 1 aromatic heterocycles. The highest BCUT2D eigenvalue weighted by Crippen LogP contribution is 2.33. The van der Waals surface area contributed by atoms with Gasteiger partial charge in [-0.3, -0.25) is 9.59 Å². The van der Waals surface area contributed by atoms with Gasteiger partial charge in [-0.2, -0.15) is 5.26 Å². The molecule has 0 radical (unpaired) electrons. The van der Waals surface area contributed by atoms with E-state index < -0.39 is 5.41 Å². The highest BCUT2D eigenvalue weighted by Gasteiger charge is 2.32. The van der Waals surface area contributed by atoms with E-state index >= 15 is 0 Å². The zero-order valence-electron chi connectivity index (χ0n) is 9.60. The van der Waals surface area contributed by atoms with Crippen molar-refractivity contribution in [3.8, 4) is 6.07 Å². The number of Topliss-reactive ketones (excluding diaryl/α,β-unsaturated/α-hetero) is 1. The molecule has 0 saturated carbocycles. The fourth-order valence-electron chi connectivity index (χ4n) is 1.03. The second kappa shape index (κ2) is 5.29. The van der Waals surface area contributed by atoms with E-state index in [1.165, 1.54) is 23.1 Å². The van der Waals surface area contributed by atoms with Crippen molar-refractivity contribution in [2.24, 2.45) is 5.41 Å². The Morgan fingerprint density at radius 2 is 2.29 bits per heavy atom. The standard InChI is InChI=1S/C10H11N3O2S2/c1-10(2,4-11)7(15)6-8(12-5-14)13-9(16-3)17-6/h5H,1-3H3,(H,12,14). The van der Waals surface area contributed by atoms with Crippen LogP contribution in [0.1, 0.15) is 23.5 Å². The molecule has 0 bridgehead atoms. The average Bonchev–Trinajstić information content (AvgIpc) is 2.71. The first-order valence-electron chi connectivity index (χ1n) is 4.67. The predicted molar refractivity (Wildman–Crippen MR) is 67.3 cm³/mol. The summed E-state index contributed by atoms with van der Waals surface area (Å²) in [5.41, 5.74) is -1.12. The van der Waals surface area contributed by atoms with Crippen molar-refractivity contribution in [3.63, 3.8) is 0 Å². The van der Waals surface area contributed by atoms with Gasteiger partial charge in [0, 0.05) is 0 Å². The van der Waals surface area contributed by atoms with E-state index in [1.807, 2.05) is 12.3 Å². The average molecular weight is 269 g/mol.